The van der Waals surface area contributed by atoms with Crippen molar-refractivity contribution in [2.24, 2.45) is 0 Å². The van der Waals surface area contributed by atoms with Crippen LogP contribution in [0.3, 0.4) is 0 Å². The Morgan fingerprint density at radius 2 is 1.97 bits per heavy atom. The summed E-state index contributed by atoms with van der Waals surface area (Å²) >= 11 is 6.19. The molecule has 0 saturated heterocycles. The molecule has 1 heterocycles. The number of carboxylic acid groups (broad SMARTS) is 1. The van der Waals surface area contributed by atoms with E-state index in [-0.39, 0.29) is 18.7 Å². The first-order valence-corrected chi connectivity index (χ1v) is 11.9. The van der Waals surface area contributed by atoms with E-state index >= 15 is 0 Å². The molecule has 0 unspecified atom stereocenters. The molecule has 0 fully saturated rings. The summed E-state index contributed by atoms with van der Waals surface area (Å²) in [5, 5.41) is 12.7. The first-order valence-electron chi connectivity index (χ1n) is 11.5. The molecule has 3 aromatic carbocycles. The van der Waals surface area contributed by atoms with Gasteiger partial charge in [0.25, 0.3) is 0 Å². The highest BCUT2D eigenvalue weighted by atomic mass is 35.5. The molecule has 3 aromatic rings. The molecule has 5 nitrogen and oxygen atoms in total. The van der Waals surface area contributed by atoms with E-state index in [2.05, 4.69) is 28.4 Å². The third-order valence-corrected chi connectivity index (χ3v) is 6.36. The number of hydrogen-bond acceptors (Lipinski definition) is 4. The number of rotatable bonds is 10. The second-order valence-electron chi connectivity index (χ2n) is 8.34. The zero-order chi connectivity index (χ0) is 23.9. The summed E-state index contributed by atoms with van der Waals surface area (Å²) in [5.41, 5.74) is 4.79. The van der Waals surface area contributed by atoms with E-state index in [0.717, 1.165) is 25.9 Å². The number of nitrogens with zero attached hydrogens (tertiary/aromatic N) is 1. The van der Waals surface area contributed by atoms with Gasteiger partial charge in [-0.2, -0.15) is 0 Å². The number of anilines is 2. The minimum Gasteiger partial charge on any atom is -0.490 e. The number of carbonyl (C=O) groups is 1. The zero-order valence-electron chi connectivity index (χ0n) is 18.9. The molecule has 0 atom stereocenters. The van der Waals surface area contributed by atoms with Crippen LogP contribution in [-0.4, -0.2) is 30.8 Å². The third-order valence-electron chi connectivity index (χ3n) is 6.04. The first kappa shape index (κ1) is 23.9. The summed E-state index contributed by atoms with van der Waals surface area (Å²) in [6.45, 7) is 2.86. The molecule has 0 amide bonds. The maximum absolute atomic E-state index is 14.4. The molecule has 34 heavy (non-hydrogen) atoms. The van der Waals surface area contributed by atoms with Crippen LogP contribution in [0.5, 0.6) is 5.75 Å². The topological polar surface area (TPSA) is 61.8 Å². The van der Waals surface area contributed by atoms with Gasteiger partial charge in [0.15, 0.2) is 0 Å². The molecular weight excluding hydrogens is 455 g/mol. The van der Waals surface area contributed by atoms with E-state index in [1.54, 1.807) is 12.1 Å². The van der Waals surface area contributed by atoms with Crippen LogP contribution in [0.4, 0.5) is 15.8 Å². The largest absolute Gasteiger partial charge is 0.490 e. The van der Waals surface area contributed by atoms with Crippen LogP contribution in [0.15, 0.2) is 60.7 Å². The number of carboxylic acids is 1. The SMILES string of the molecule is O=C(O)CCc1ccc(NCc2cccc3c2CCCN3CCOc2ccccc2Cl)cc1F. The van der Waals surface area contributed by atoms with Gasteiger partial charge < -0.3 is 20.1 Å². The number of aliphatic carboxylic acids is 1. The Bertz CT molecular complexity index is 1150. The van der Waals surface area contributed by atoms with Crippen LogP contribution in [0.1, 0.15) is 29.5 Å². The highest BCUT2D eigenvalue weighted by molar-refractivity contribution is 6.32. The summed E-state index contributed by atoms with van der Waals surface area (Å²) in [7, 11) is 0. The van der Waals surface area contributed by atoms with Crippen molar-refractivity contribution in [1.82, 2.24) is 0 Å². The smallest absolute Gasteiger partial charge is 0.303 e. The summed E-state index contributed by atoms with van der Waals surface area (Å²) in [5.74, 6) is -0.619. The van der Waals surface area contributed by atoms with E-state index in [1.807, 2.05) is 24.3 Å². The number of ether oxygens (including phenoxy) is 1. The van der Waals surface area contributed by atoms with E-state index in [0.29, 0.717) is 35.2 Å². The lowest BCUT2D eigenvalue weighted by molar-refractivity contribution is -0.136. The Morgan fingerprint density at radius 3 is 2.76 bits per heavy atom. The van der Waals surface area contributed by atoms with Gasteiger partial charge >= 0.3 is 5.97 Å². The molecule has 2 N–H and O–H groups in total. The maximum Gasteiger partial charge on any atom is 0.303 e. The minimum absolute atomic E-state index is 0.0836. The van der Waals surface area contributed by atoms with Gasteiger partial charge in [0, 0.05) is 30.9 Å². The van der Waals surface area contributed by atoms with Crippen LogP contribution in [0, 0.1) is 5.82 Å². The number of aryl methyl sites for hydroxylation is 1. The van der Waals surface area contributed by atoms with Crippen molar-refractivity contribution < 1.29 is 19.0 Å². The standard InChI is InChI=1S/C27H28ClFN2O3/c28-23-7-1-2-9-26(23)34-16-15-31-14-4-6-22-20(5-3-8-25(22)31)18-30-21-12-10-19(24(29)17-21)11-13-27(32)33/h1-3,5,7-10,12,17,30H,4,6,11,13-16,18H2,(H,32,33). The molecule has 0 saturated carbocycles. The van der Waals surface area contributed by atoms with Crippen molar-refractivity contribution in [3.63, 3.8) is 0 Å². The van der Waals surface area contributed by atoms with Gasteiger partial charge in [-0.15, -0.1) is 0 Å². The van der Waals surface area contributed by atoms with Crippen LogP contribution >= 0.6 is 11.6 Å². The molecule has 7 heteroatoms. The average molecular weight is 483 g/mol. The predicted octanol–water partition coefficient (Wildman–Crippen LogP) is 5.94. The van der Waals surface area contributed by atoms with Gasteiger partial charge in [0.1, 0.15) is 18.2 Å². The number of halogens is 2. The van der Waals surface area contributed by atoms with Crippen LogP contribution < -0.4 is 15.0 Å². The lowest BCUT2D eigenvalue weighted by Gasteiger charge is -2.32. The highest BCUT2D eigenvalue weighted by Crippen LogP contribution is 2.31. The Balaban J connectivity index is 1.38. The molecule has 0 radical (unpaired) electrons. The highest BCUT2D eigenvalue weighted by Gasteiger charge is 2.19. The molecule has 0 spiro atoms. The molecule has 0 aliphatic carbocycles. The Hall–Kier alpha value is -3.25. The van der Waals surface area contributed by atoms with E-state index < -0.39 is 5.97 Å². The van der Waals surface area contributed by atoms with Crippen molar-refractivity contribution in [1.29, 1.82) is 0 Å². The quantitative estimate of drug-likeness (QED) is 0.374. The van der Waals surface area contributed by atoms with Gasteiger partial charge in [-0.05, 0) is 66.3 Å². The van der Waals surface area contributed by atoms with Gasteiger partial charge in [-0.25, -0.2) is 4.39 Å². The Kier molecular flexibility index (Phi) is 7.91. The summed E-state index contributed by atoms with van der Waals surface area (Å²) < 4.78 is 20.2. The number of benzene rings is 3. The lowest BCUT2D eigenvalue weighted by atomic mass is 9.96. The lowest BCUT2D eigenvalue weighted by Crippen LogP contribution is -2.33. The summed E-state index contributed by atoms with van der Waals surface area (Å²) in [6, 6.07) is 18.7. The number of hydrogen-bond donors (Lipinski definition) is 2. The average Bonchev–Trinajstić information content (AvgIpc) is 2.83. The molecular formula is C27H28ClFN2O3. The normalized spacial score (nSPS) is 12.8. The monoisotopic (exact) mass is 482 g/mol. The van der Waals surface area contributed by atoms with Crippen molar-refractivity contribution in [3.8, 4) is 5.75 Å². The molecule has 1 aliphatic rings. The third kappa shape index (κ3) is 6.00. The molecule has 1 aliphatic heterocycles. The van der Waals surface area contributed by atoms with Crippen LogP contribution in [0.25, 0.3) is 0 Å². The van der Waals surface area contributed by atoms with Gasteiger partial charge in [-0.3, -0.25) is 4.79 Å². The summed E-state index contributed by atoms with van der Waals surface area (Å²) in [4.78, 5) is 13.1. The fourth-order valence-electron chi connectivity index (χ4n) is 4.30. The van der Waals surface area contributed by atoms with E-state index in [1.165, 1.54) is 22.9 Å². The van der Waals surface area contributed by atoms with E-state index in [9.17, 15) is 9.18 Å². The van der Waals surface area contributed by atoms with Crippen molar-refractivity contribution in [3.05, 3.63) is 88.2 Å². The van der Waals surface area contributed by atoms with Crippen molar-refractivity contribution >= 4 is 28.9 Å². The fourth-order valence-corrected chi connectivity index (χ4v) is 4.49. The maximum atomic E-state index is 14.4. The first-order chi connectivity index (χ1) is 16.5. The van der Waals surface area contributed by atoms with Crippen LogP contribution in [0.2, 0.25) is 5.02 Å². The number of fused-ring (bicyclic) bond motifs is 1. The van der Waals surface area contributed by atoms with Crippen LogP contribution in [-0.2, 0) is 24.2 Å². The fraction of sp³-hybridized carbons (Fsp3) is 0.296. The second kappa shape index (κ2) is 11.3. The summed E-state index contributed by atoms with van der Waals surface area (Å²) in [6.07, 6.45) is 2.16. The van der Waals surface area contributed by atoms with Gasteiger partial charge in [-0.1, -0.05) is 41.9 Å². The zero-order valence-corrected chi connectivity index (χ0v) is 19.7. The number of para-hydroxylation sites is 1. The molecule has 178 valence electrons. The molecule has 0 bridgehead atoms. The van der Waals surface area contributed by atoms with Crippen molar-refractivity contribution in [2.75, 3.05) is 29.9 Å². The van der Waals surface area contributed by atoms with E-state index in [4.69, 9.17) is 21.4 Å². The minimum atomic E-state index is -0.931. The molecule has 0 aromatic heterocycles. The molecule has 4 rings (SSSR count). The predicted molar refractivity (Wildman–Crippen MR) is 134 cm³/mol. The van der Waals surface area contributed by atoms with Crippen molar-refractivity contribution in [2.45, 2.75) is 32.2 Å². The Labute approximate surface area is 204 Å². The van der Waals surface area contributed by atoms with Gasteiger partial charge in [0.05, 0.1) is 11.6 Å². The second-order valence-corrected chi connectivity index (χ2v) is 8.74. The Morgan fingerprint density at radius 1 is 1.12 bits per heavy atom. The van der Waals surface area contributed by atoms with Gasteiger partial charge in [0.2, 0.25) is 0 Å². The number of nitrogens with one attached hydrogen (secondary N) is 1.